The van der Waals surface area contributed by atoms with Crippen LogP contribution in [-0.2, 0) is 6.54 Å². The van der Waals surface area contributed by atoms with Gasteiger partial charge in [0.15, 0.2) is 0 Å². The van der Waals surface area contributed by atoms with E-state index in [0.29, 0.717) is 11.5 Å². The van der Waals surface area contributed by atoms with E-state index >= 15 is 0 Å². The highest BCUT2D eigenvalue weighted by atomic mass is 32.1. The molecule has 0 radical (unpaired) electrons. The Morgan fingerprint density at radius 1 is 1.39 bits per heavy atom. The van der Waals surface area contributed by atoms with Crippen LogP contribution in [0.4, 0.5) is 5.69 Å². The lowest BCUT2D eigenvalue weighted by atomic mass is 10.1. The molecule has 3 nitrogen and oxygen atoms in total. The van der Waals surface area contributed by atoms with Gasteiger partial charge in [0, 0.05) is 30.2 Å². The zero-order valence-electron chi connectivity index (χ0n) is 10.2. The summed E-state index contributed by atoms with van der Waals surface area (Å²) >= 11 is 5.05. The van der Waals surface area contributed by atoms with Gasteiger partial charge in [-0.05, 0) is 36.2 Å². The van der Waals surface area contributed by atoms with Crippen LogP contribution < -0.4 is 11.1 Å². The third-order valence-corrected chi connectivity index (χ3v) is 2.87. The maximum atomic E-state index is 5.71. The summed E-state index contributed by atoms with van der Waals surface area (Å²) in [6, 6.07) is 9.94. The second-order valence-corrected chi connectivity index (χ2v) is 4.57. The number of nitrogens with zero attached hydrogens (tertiary/aromatic N) is 1. The van der Waals surface area contributed by atoms with Crippen LogP contribution >= 0.6 is 12.2 Å². The molecule has 0 spiro atoms. The van der Waals surface area contributed by atoms with E-state index in [4.69, 9.17) is 18.0 Å². The van der Waals surface area contributed by atoms with Crippen molar-refractivity contribution in [1.29, 1.82) is 0 Å². The molecule has 0 fully saturated rings. The van der Waals surface area contributed by atoms with Gasteiger partial charge in [-0.2, -0.15) is 0 Å². The first-order valence-corrected chi connectivity index (χ1v) is 6.11. The highest BCUT2D eigenvalue weighted by Gasteiger charge is 2.05. The standard InChI is InChI=1S/C14H15N3S/c1-10-4-5-12(14(15)18)13(7-10)17-9-11-3-2-6-16-8-11/h2-8,17H,9H2,1H3,(H2,15,18). The van der Waals surface area contributed by atoms with Crippen LogP contribution in [-0.4, -0.2) is 9.97 Å². The maximum Gasteiger partial charge on any atom is 0.106 e. The molecule has 0 aliphatic carbocycles. The van der Waals surface area contributed by atoms with Crippen LogP contribution in [0.15, 0.2) is 42.7 Å². The van der Waals surface area contributed by atoms with Gasteiger partial charge >= 0.3 is 0 Å². The number of aromatic nitrogens is 1. The number of benzene rings is 1. The van der Waals surface area contributed by atoms with Gasteiger partial charge in [0.25, 0.3) is 0 Å². The van der Waals surface area contributed by atoms with Crippen molar-refractivity contribution in [1.82, 2.24) is 4.98 Å². The molecule has 0 amide bonds. The monoisotopic (exact) mass is 257 g/mol. The number of hydrogen-bond acceptors (Lipinski definition) is 3. The van der Waals surface area contributed by atoms with Crippen molar-refractivity contribution in [2.75, 3.05) is 5.32 Å². The summed E-state index contributed by atoms with van der Waals surface area (Å²) in [6.45, 7) is 2.74. The Morgan fingerprint density at radius 3 is 2.89 bits per heavy atom. The third kappa shape index (κ3) is 3.05. The number of nitrogens with two attached hydrogens (primary N) is 1. The summed E-state index contributed by atoms with van der Waals surface area (Å²) in [5, 5.41) is 3.34. The van der Waals surface area contributed by atoms with Crippen LogP contribution in [0.25, 0.3) is 0 Å². The molecule has 2 rings (SSSR count). The van der Waals surface area contributed by atoms with Gasteiger partial charge in [-0.3, -0.25) is 4.98 Å². The summed E-state index contributed by atoms with van der Waals surface area (Å²) in [7, 11) is 0. The average Bonchev–Trinajstić information content (AvgIpc) is 2.37. The Balaban J connectivity index is 2.18. The highest BCUT2D eigenvalue weighted by molar-refractivity contribution is 7.80. The van der Waals surface area contributed by atoms with Crippen molar-refractivity contribution in [2.24, 2.45) is 5.73 Å². The summed E-state index contributed by atoms with van der Waals surface area (Å²) < 4.78 is 0. The van der Waals surface area contributed by atoms with Gasteiger partial charge in [-0.15, -0.1) is 0 Å². The number of aryl methyl sites for hydroxylation is 1. The van der Waals surface area contributed by atoms with E-state index in [2.05, 4.69) is 10.3 Å². The van der Waals surface area contributed by atoms with Gasteiger partial charge in [-0.25, -0.2) is 0 Å². The normalized spacial score (nSPS) is 10.1. The summed E-state index contributed by atoms with van der Waals surface area (Å²) in [6.07, 6.45) is 3.60. The minimum absolute atomic E-state index is 0.406. The molecule has 0 bridgehead atoms. The number of nitrogens with one attached hydrogen (secondary N) is 1. The lowest BCUT2D eigenvalue weighted by Gasteiger charge is -2.12. The van der Waals surface area contributed by atoms with Crippen molar-refractivity contribution in [3.05, 3.63) is 59.4 Å². The Hall–Kier alpha value is -1.94. The molecule has 3 N–H and O–H groups in total. The molecule has 1 aromatic carbocycles. The van der Waals surface area contributed by atoms with Crippen LogP contribution in [0.5, 0.6) is 0 Å². The molecule has 18 heavy (non-hydrogen) atoms. The fraction of sp³-hybridized carbons (Fsp3) is 0.143. The minimum Gasteiger partial charge on any atom is -0.389 e. The highest BCUT2D eigenvalue weighted by Crippen LogP contribution is 2.18. The third-order valence-electron chi connectivity index (χ3n) is 2.65. The number of rotatable bonds is 4. The topological polar surface area (TPSA) is 50.9 Å². The van der Waals surface area contributed by atoms with Crippen molar-refractivity contribution in [2.45, 2.75) is 13.5 Å². The second-order valence-electron chi connectivity index (χ2n) is 4.13. The zero-order chi connectivity index (χ0) is 13.0. The van der Waals surface area contributed by atoms with Gasteiger partial charge < -0.3 is 11.1 Å². The molecule has 1 heterocycles. The number of anilines is 1. The summed E-state index contributed by atoms with van der Waals surface area (Å²) in [4.78, 5) is 4.49. The molecule has 0 atom stereocenters. The Labute approximate surface area is 112 Å². The second kappa shape index (κ2) is 5.60. The predicted octanol–water partition coefficient (Wildman–Crippen LogP) is 2.64. The SMILES string of the molecule is Cc1ccc(C(N)=S)c(NCc2cccnc2)c1. The molecular formula is C14H15N3S. The van der Waals surface area contributed by atoms with Crippen molar-refractivity contribution in [3.8, 4) is 0 Å². The van der Waals surface area contributed by atoms with E-state index in [1.807, 2.05) is 43.5 Å². The molecule has 1 aromatic heterocycles. The van der Waals surface area contributed by atoms with E-state index in [1.54, 1.807) is 6.20 Å². The zero-order valence-corrected chi connectivity index (χ0v) is 11.0. The van der Waals surface area contributed by atoms with E-state index in [1.165, 1.54) is 5.56 Å². The van der Waals surface area contributed by atoms with Gasteiger partial charge in [0.1, 0.15) is 4.99 Å². The van der Waals surface area contributed by atoms with Crippen molar-refractivity contribution < 1.29 is 0 Å². The predicted molar refractivity (Wildman–Crippen MR) is 78.6 cm³/mol. The minimum atomic E-state index is 0.406. The van der Waals surface area contributed by atoms with E-state index in [9.17, 15) is 0 Å². The Morgan fingerprint density at radius 2 is 2.22 bits per heavy atom. The molecule has 0 saturated carbocycles. The van der Waals surface area contributed by atoms with Crippen LogP contribution in [0, 0.1) is 6.92 Å². The molecule has 92 valence electrons. The molecular weight excluding hydrogens is 242 g/mol. The van der Waals surface area contributed by atoms with Gasteiger partial charge in [0.2, 0.25) is 0 Å². The van der Waals surface area contributed by atoms with Crippen LogP contribution in [0.2, 0.25) is 0 Å². The summed E-state index contributed by atoms with van der Waals surface area (Å²) in [5.74, 6) is 0. The fourth-order valence-corrected chi connectivity index (χ4v) is 1.90. The summed E-state index contributed by atoms with van der Waals surface area (Å²) in [5.41, 5.74) is 9.84. The molecule has 0 aliphatic rings. The largest absolute Gasteiger partial charge is 0.389 e. The van der Waals surface area contributed by atoms with Gasteiger partial charge in [-0.1, -0.05) is 24.4 Å². The molecule has 0 saturated heterocycles. The number of hydrogen-bond donors (Lipinski definition) is 2. The lowest BCUT2D eigenvalue weighted by Crippen LogP contribution is -2.13. The van der Waals surface area contributed by atoms with E-state index in [-0.39, 0.29) is 0 Å². The Bertz CT molecular complexity index is 552. The van der Waals surface area contributed by atoms with E-state index < -0.39 is 0 Å². The maximum absolute atomic E-state index is 5.71. The average molecular weight is 257 g/mol. The van der Waals surface area contributed by atoms with Crippen LogP contribution in [0.3, 0.4) is 0 Å². The lowest BCUT2D eigenvalue weighted by molar-refractivity contribution is 1.11. The smallest absolute Gasteiger partial charge is 0.106 e. The molecule has 2 aromatic rings. The first-order chi connectivity index (χ1) is 8.66. The van der Waals surface area contributed by atoms with Crippen molar-refractivity contribution in [3.63, 3.8) is 0 Å². The first-order valence-electron chi connectivity index (χ1n) is 5.70. The van der Waals surface area contributed by atoms with Crippen LogP contribution in [0.1, 0.15) is 16.7 Å². The first kappa shape index (κ1) is 12.5. The van der Waals surface area contributed by atoms with Gasteiger partial charge in [0.05, 0.1) is 0 Å². The molecule has 0 aliphatic heterocycles. The number of thiocarbonyl (C=S) groups is 1. The van der Waals surface area contributed by atoms with Crippen molar-refractivity contribution >= 4 is 22.9 Å². The molecule has 0 unspecified atom stereocenters. The van der Waals surface area contributed by atoms with E-state index in [0.717, 1.165) is 16.8 Å². The Kier molecular flexibility index (Phi) is 3.89. The quantitative estimate of drug-likeness (QED) is 0.827. The molecule has 4 heteroatoms. The fourth-order valence-electron chi connectivity index (χ4n) is 1.72. The number of pyridine rings is 1.